The van der Waals surface area contributed by atoms with Crippen molar-refractivity contribution in [2.24, 2.45) is 5.92 Å². The number of imidazole rings is 1. The molecule has 2 N–H and O–H groups in total. The lowest BCUT2D eigenvalue weighted by atomic mass is 10.4. The standard InChI is InChI=1S/C10H13N5/c1-6-14-8-9(11-4-7-2-3-7)12-5-13-10(8)15-6/h5,7H,2-4H2,1H3,(H2,11,12,13,14,15). The van der Waals surface area contributed by atoms with E-state index in [2.05, 4.69) is 25.3 Å². The Morgan fingerprint density at radius 2 is 2.33 bits per heavy atom. The number of nitrogens with one attached hydrogen (secondary N) is 2. The van der Waals surface area contributed by atoms with Crippen molar-refractivity contribution in [2.45, 2.75) is 19.8 Å². The van der Waals surface area contributed by atoms with Crippen molar-refractivity contribution in [3.8, 4) is 0 Å². The normalized spacial score (nSPS) is 15.8. The highest BCUT2D eigenvalue weighted by molar-refractivity contribution is 5.82. The van der Waals surface area contributed by atoms with Gasteiger partial charge >= 0.3 is 0 Å². The topological polar surface area (TPSA) is 66.5 Å². The Morgan fingerprint density at radius 3 is 3.13 bits per heavy atom. The molecule has 1 fully saturated rings. The lowest BCUT2D eigenvalue weighted by Crippen LogP contribution is -2.05. The monoisotopic (exact) mass is 203 g/mol. The van der Waals surface area contributed by atoms with Gasteiger partial charge in [0.1, 0.15) is 17.7 Å². The molecule has 5 nitrogen and oxygen atoms in total. The van der Waals surface area contributed by atoms with Crippen LogP contribution in [0.3, 0.4) is 0 Å². The van der Waals surface area contributed by atoms with Crippen molar-refractivity contribution in [1.82, 2.24) is 19.9 Å². The number of fused-ring (bicyclic) bond motifs is 1. The quantitative estimate of drug-likeness (QED) is 0.793. The van der Waals surface area contributed by atoms with Crippen LogP contribution in [0.1, 0.15) is 18.7 Å². The van der Waals surface area contributed by atoms with E-state index >= 15 is 0 Å². The maximum Gasteiger partial charge on any atom is 0.183 e. The van der Waals surface area contributed by atoms with Crippen LogP contribution in [0.25, 0.3) is 11.2 Å². The first-order valence-electron chi connectivity index (χ1n) is 5.24. The van der Waals surface area contributed by atoms with Crippen LogP contribution in [0.4, 0.5) is 5.82 Å². The van der Waals surface area contributed by atoms with Crippen LogP contribution in [-0.2, 0) is 0 Å². The van der Waals surface area contributed by atoms with Crippen molar-refractivity contribution >= 4 is 17.0 Å². The van der Waals surface area contributed by atoms with E-state index in [-0.39, 0.29) is 0 Å². The molecule has 1 saturated carbocycles. The molecule has 2 aromatic rings. The first-order valence-corrected chi connectivity index (χ1v) is 5.24. The molecule has 0 unspecified atom stereocenters. The zero-order chi connectivity index (χ0) is 10.3. The van der Waals surface area contributed by atoms with Crippen molar-refractivity contribution < 1.29 is 0 Å². The van der Waals surface area contributed by atoms with Gasteiger partial charge in [-0.1, -0.05) is 0 Å². The van der Waals surface area contributed by atoms with Crippen LogP contribution in [0.2, 0.25) is 0 Å². The highest BCUT2D eigenvalue weighted by Crippen LogP contribution is 2.29. The molecule has 0 radical (unpaired) electrons. The van der Waals surface area contributed by atoms with E-state index in [0.717, 1.165) is 35.3 Å². The molecule has 3 rings (SSSR count). The largest absolute Gasteiger partial charge is 0.368 e. The highest BCUT2D eigenvalue weighted by atomic mass is 15.1. The Bertz CT molecular complexity index is 486. The van der Waals surface area contributed by atoms with Crippen molar-refractivity contribution in [1.29, 1.82) is 0 Å². The number of nitrogens with zero attached hydrogens (tertiary/aromatic N) is 3. The van der Waals surface area contributed by atoms with E-state index in [1.54, 1.807) is 6.33 Å². The summed E-state index contributed by atoms with van der Waals surface area (Å²) in [5.41, 5.74) is 1.65. The van der Waals surface area contributed by atoms with E-state index in [1.165, 1.54) is 12.8 Å². The number of hydrogen-bond donors (Lipinski definition) is 2. The Kier molecular flexibility index (Phi) is 1.83. The maximum atomic E-state index is 4.27. The van der Waals surface area contributed by atoms with E-state index in [4.69, 9.17) is 0 Å². The Labute approximate surface area is 87.3 Å². The number of aromatic amines is 1. The summed E-state index contributed by atoms with van der Waals surface area (Å²) in [5.74, 6) is 2.58. The van der Waals surface area contributed by atoms with Crippen LogP contribution in [0.5, 0.6) is 0 Å². The van der Waals surface area contributed by atoms with Gasteiger partial charge in [0.05, 0.1) is 0 Å². The third kappa shape index (κ3) is 1.65. The van der Waals surface area contributed by atoms with Gasteiger partial charge in [0.25, 0.3) is 0 Å². The van der Waals surface area contributed by atoms with Gasteiger partial charge in [-0.25, -0.2) is 15.0 Å². The molecule has 5 heteroatoms. The number of anilines is 1. The first kappa shape index (κ1) is 8.64. The second-order valence-corrected chi connectivity index (χ2v) is 4.07. The molecule has 0 spiro atoms. The molecule has 0 saturated heterocycles. The molecule has 0 aliphatic heterocycles. The minimum absolute atomic E-state index is 0.737. The van der Waals surface area contributed by atoms with Crippen LogP contribution in [-0.4, -0.2) is 26.5 Å². The predicted octanol–water partition coefficient (Wildman–Crippen LogP) is 1.48. The molecule has 0 aromatic carbocycles. The Hall–Kier alpha value is -1.65. The lowest BCUT2D eigenvalue weighted by Gasteiger charge is -2.03. The van der Waals surface area contributed by atoms with Crippen molar-refractivity contribution in [2.75, 3.05) is 11.9 Å². The second kappa shape index (κ2) is 3.18. The summed E-state index contributed by atoms with van der Waals surface area (Å²) >= 11 is 0. The van der Waals surface area contributed by atoms with Gasteiger partial charge in [0, 0.05) is 6.54 Å². The zero-order valence-corrected chi connectivity index (χ0v) is 8.62. The maximum absolute atomic E-state index is 4.27. The number of hydrogen-bond acceptors (Lipinski definition) is 4. The van der Waals surface area contributed by atoms with Crippen LogP contribution in [0.15, 0.2) is 6.33 Å². The molecule has 2 heterocycles. The summed E-state index contributed by atoms with van der Waals surface area (Å²) in [6.07, 6.45) is 4.23. The molecule has 78 valence electrons. The minimum atomic E-state index is 0.737. The number of H-pyrrole nitrogens is 1. The van der Waals surface area contributed by atoms with Crippen LogP contribution >= 0.6 is 0 Å². The molecular weight excluding hydrogens is 190 g/mol. The van der Waals surface area contributed by atoms with Crippen LogP contribution in [0, 0.1) is 12.8 Å². The summed E-state index contributed by atoms with van der Waals surface area (Å²) in [4.78, 5) is 15.8. The van der Waals surface area contributed by atoms with Gasteiger partial charge in [0.2, 0.25) is 0 Å². The second-order valence-electron chi connectivity index (χ2n) is 4.07. The zero-order valence-electron chi connectivity index (χ0n) is 8.62. The predicted molar refractivity (Wildman–Crippen MR) is 57.6 cm³/mol. The third-order valence-corrected chi connectivity index (χ3v) is 2.66. The fraction of sp³-hybridized carbons (Fsp3) is 0.500. The Morgan fingerprint density at radius 1 is 1.47 bits per heavy atom. The summed E-state index contributed by atoms with van der Waals surface area (Å²) in [6, 6.07) is 0. The van der Waals surface area contributed by atoms with Gasteiger partial charge < -0.3 is 10.3 Å². The molecule has 1 aliphatic carbocycles. The lowest BCUT2D eigenvalue weighted by molar-refractivity contribution is 0.883. The van der Waals surface area contributed by atoms with Gasteiger partial charge in [-0.2, -0.15) is 0 Å². The molecular formula is C10H13N5. The van der Waals surface area contributed by atoms with E-state index < -0.39 is 0 Å². The fourth-order valence-electron chi connectivity index (χ4n) is 1.64. The Balaban J connectivity index is 1.93. The van der Waals surface area contributed by atoms with Crippen molar-refractivity contribution in [3.63, 3.8) is 0 Å². The third-order valence-electron chi connectivity index (χ3n) is 2.66. The minimum Gasteiger partial charge on any atom is -0.368 e. The summed E-state index contributed by atoms with van der Waals surface area (Å²) < 4.78 is 0. The smallest absolute Gasteiger partial charge is 0.183 e. The van der Waals surface area contributed by atoms with E-state index in [0.29, 0.717) is 0 Å². The molecule has 0 atom stereocenters. The summed E-state index contributed by atoms with van der Waals surface area (Å²) in [7, 11) is 0. The molecule has 0 amide bonds. The fourth-order valence-corrected chi connectivity index (χ4v) is 1.64. The van der Waals surface area contributed by atoms with Crippen LogP contribution < -0.4 is 5.32 Å². The van der Waals surface area contributed by atoms with Crippen molar-refractivity contribution in [3.05, 3.63) is 12.2 Å². The van der Waals surface area contributed by atoms with E-state index in [1.807, 2.05) is 6.92 Å². The summed E-state index contributed by atoms with van der Waals surface area (Å²) in [5, 5.41) is 3.34. The van der Waals surface area contributed by atoms with Gasteiger partial charge in [-0.15, -0.1) is 0 Å². The molecule has 15 heavy (non-hydrogen) atoms. The van der Waals surface area contributed by atoms with E-state index in [9.17, 15) is 0 Å². The highest BCUT2D eigenvalue weighted by Gasteiger charge is 2.21. The number of rotatable bonds is 3. The summed E-state index contributed by atoms with van der Waals surface area (Å²) in [6.45, 7) is 2.93. The molecule has 1 aliphatic rings. The first-order chi connectivity index (χ1) is 7.33. The van der Waals surface area contributed by atoms with Gasteiger partial charge in [-0.05, 0) is 25.7 Å². The molecule has 2 aromatic heterocycles. The average molecular weight is 203 g/mol. The number of aromatic nitrogens is 4. The SMILES string of the molecule is Cc1nc2ncnc(NCC3CC3)c2[nH]1. The van der Waals surface area contributed by atoms with Gasteiger partial charge in [0.15, 0.2) is 11.5 Å². The van der Waals surface area contributed by atoms with Gasteiger partial charge in [-0.3, -0.25) is 0 Å². The molecule has 0 bridgehead atoms. The number of aryl methyl sites for hydroxylation is 1. The average Bonchev–Trinajstić information content (AvgIpc) is 2.96.